The van der Waals surface area contributed by atoms with Crippen molar-refractivity contribution in [3.63, 3.8) is 0 Å². The van der Waals surface area contributed by atoms with E-state index in [1.165, 1.54) is 0 Å². The van der Waals surface area contributed by atoms with Crippen LogP contribution < -0.4 is 11.1 Å². The van der Waals surface area contributed by atoms with Gasteiger partial charge in [-0.2, -0.15) is 0 Å². The molecule has 2 unspecified atom stereocenters. The molecule has 0 aromatic rings. The van der Waals surface area contributed by atoms with Crippen LogP contribution in [0.4, 0.5) is 0 Å². The summed E-state index contributed by atoms with van der Waals surface area (Å²) in [4.78, 5) is 4.29. The second-order valence-corrected chi connectivity index (χ2v) is 6.62. The molecule has 0 amide bonds. The third kappa shape index (κ3) is 5.78. The molecule has 19 heavy (non-hydrogen) atoms. The van der Waals surface area contributed by atoms with Crippen LogP contribution in [0.3, 0.4) is 0 Å². The molecule has 0 aromatic heterocycles. The average Bonchev–Trinajstić information content (AvgIpc) is 2.25. The molecular formula is C14H29N3O2. The maximum atomic E-state index is 10.6. The quantitative estimate of drug-likeness (QED) is 0.519. The van der Waals surface area contributed by atoms with E-state index < -0.39 is 5.60 Å². The Morgan fingerprint density at radius 1 is 1.47 bits per heavy atom. The van der Waals surface area contributed by atoms with E-state index >= 15 is 0 Å². The Hall–Kier alpha value is -0.810. The lowest BCUT2D eigenvalue weighted by molar-refractivity contribution is -0.0307. The zero-order chi connectivity index (χ0) is 14.5. The van der Waals surface area contributed by atoms with Crippen molar-refractivity contribution in [1.29, 1.82) is 0 Å². The first-order valence-corrected chi connectivity index (χ1v) is 7.04. The maximum Gasteiger partial charge on any atom is 0.188 e. The summed E-state index contributed by atoms with van der Waals surface area (Å²) in [6, 6.07) is 0.117. The highest BCUT2D eigenvalue weighted by molar-refractivity contribution is 5.78. The highest BCUT2D eigenvalue weighted by Gasteiger charge is 2.38. The first-order valence-electron chi connectivity index (χ1n) is 7.04. The predicted octanol–water partition coefficient (Wildman–Crippen LogP) is 1.26. The van der Waals surface area contributed by atoms with Gasteiger partial charge in [0, 0.05) is 13.2 Å². The summed E-state index contributed by atoms with van der Waals surface area (Å²) in [6.45, 7) is 7.32. The Morgan fingerprint density at radius 3 is 2.74 bits per heavy atom. The molecule has 1 rings (SSSR count). The van der Waals surface area contributed by atoms with Crippen molar-refractivity contribution in [3.8, 4) is 0 Å². The number of nitrogens with two attached hydrogens (primary N) is 1. The number of nitrogens with zero attached hydrogens (tertiary/aromatic N) is 1. The van der Waals surface area contributed by atoms with Crippen LogP contribution in [0.5, 0.6) is 0 Å². The van der Waals surface area contributed by atoms with Crippen molar-refractivity contribution >= 4 is 5.96 Å². The molecule has 0 aromatic carbocycles. The topological polar surface area (TPSA) is 79.9 Å². The van der Waals surface area contributed by atoms with Crippen molar-refractivity contribution < 1.29 is 9.84 Å². The lowest BCUT2D eigenvalue weighted by atomic mass is 9.70. The maximum absolute atomic E-state index is 10.6. The van der Waals surface area contributed by atoms with Crippen LogP contribution in [0.1, 0.15) is 46.5 Å². The van der Waals surface area contributed by atoms with Gasteiger partial charge in [-0.3, -0.25) is 4.99 Å². The fourth-order valence-corrected chi connectivity index (χ4v) is 2.92. The van der Waals surface area contributed by atoms with E-state index in [0.717, 1.165) is 25.7 Å². The lowest BCUT2D eigenvalue weighted by Gasteiger charge is -2.40. The van der Waals surface area contributed by atoms with Crippen molar-refractivity contribution in [3.05, 3.63) is 0 Å². The van der Waals surface area contributed by atoms with Crippen LogP contribution >= 0.6 is 0 Å². The molecule has 1 fully saturated rings. The molecule has 1 aliphatic rings. The minimum atomic E-state index is -0.710. The molecule has 112 valence electrons. The second kappa shape index (κ2) is 6.57. The largest absolute Gasteiger partial charge is 0.388 e. The summed E-state index contributed by atoms with van der Waals surface area (Å²) in [6.07, 6.45) is 3.80. The second-order valence-electron chi connectivity index (χ2n) is 6.62. The number of aliphatic imine (C=N–C) groups is 1. The van der Waals surface area contributed by atoms with Gasteiger partial charge in [0.05, 0.1) is 18.8 Å². The van der Waals surface area contributed by atoms with E-state index in [2.05, 4.69) is 24.2 Å². The first-order chi connectivity index (χ1) is 8.76. The Balaban J connectivity index is 2.49. The standard InChI is InChI=1S/C14H29N3O2/c1-11(8-19-4)17-12(15)16-10-14(18)7-5-6-13(2,3)9-14/h11,18H,5-10H2,1-4H3,(H3,15,16,17). The van der Waals surface area contributed by atoms with Gasteiger partial charge in [0.15, 0.2) is 5.96 Å². The van der Waals surface area contributed by atoms with Gasteiger partial charge in [0.1, 0.15) is 0 Å². The highest BCUT2D eigenvalue weighted by Crippen LogP contribution is 2.40. The molecule has 5 heteroatoms. The molecule has 1 aliphatic carbocycles. The molecular weight excluding hydrogens is 242 g/mol. The van der Waals surface area contributed by atoms with Gasteiger partial charge in [-0.25, -0.2) is 0 Å². The van der Waals surface area contributed by atoms with Gasteiger partial charge in [0.25, 0.3) is 0 Å². The third-order valence-corrected chi connectivity index (χ3v) is 3.66. The molecule has 0 saturated heterocycles. The number of guanidine groups is 1. The number of nitrogens with one attached hydrogen (secondary N) is 1. The zero-order valence-corrected chi connectivity index (χ0v) is 12.7. The van der Waals surface area contributed by atoms with Crippen LogP contribution in [0, 0.1) is 5.41 Å². The van der Waals surface area contributed by atoms with Crippen LogP contribution in [0.25, 0.3) is 0 Å². The van der Waals surface area contributed by atoms with Gasteiger partial charge in [0.2, 0.25) is 0 Å². The predicted molar refractivity (Wildman–Crippen MR) is 78.2 cm³/mol. The Morgan fingerprint density at radius 2 is 2.16 bits per heavy atom. The number of aliphatic hydroxyl groups is 1. The van der Waals surface area contributed by atoms with Crippen LogP contribution in [-0.4, -0.2) is 43.0 Å². The molecule has 1 saturated carbocycles. The molecule has 0 spiro atoms. The lowest BCUT2D eigenvalue weighted by Crippen LogP contribution is -2.44. The van der Waals surface area contributed by atoms with E-state index in [1.807, 2.05) is 6.92 Å². The molecule has 4 N–H and O–H groups in total. The number of rotatable bonds is 5. The van der Waals surface area contributed by atoms with Crippen molar-refractivity contribution in [2.75, 3.05) is 20.3 Å². The molecule has 0 aliphatic heterocycles. The summed E-state index contributed by atoms with van der Waals surface area (Å²) in [5.41, 5.74) is 5.30. The van der Waals surface area contributed by atoms with E-state index in [9.17, 15) is 5.11 Å². The normalized spacial score (nSPS) is 29.0. The van der Waals surface area contributed by atoms with Crippen LogP contribution in [0.2, 0.25) is 0 Å². The minimum absolute atomic E-state index is 0.117. The molecule has 0 radical (unpaired) electrons. The summed E-state index contributed by atoms with van der Waals surface area (Å²) in [7, 11) is 1.65. The summed E-state index contributed by atoms with van der Waals surface area (Å²) >= 11 is 0. The Bertz CT molecular complexity index is 318. The number of hydrogen-bond acceptors (Lipinski definition) is 3. The molecule has 2 atom stereocenters. The van der Waals surface area contributed by atoms with Crippen molar-refractivity contribution in [2.45, 2.75) is 58.1 Å². The van der Waals surface area contributed by atoms with Gasteiger partial charge in [-0.1, -0.05) is 13.8 Å². The molecule has 0 heterocycles. The smallest absolute Gasteiger partial charge is 0.188 e. The fourth-order valence-electron chi connectivity index (χ4n) is 2.92. The molecule has 0 bridgehead atoms. The minimum Gasteiger partial charge on any atom is -0.388 e. The van der Waals surface area contributed by atoms with Crippen LogP contribution in [-0.2, 0) is 4.74 Å². The Labute approximate surface area is 116 Å². The van der Waals surface area contributed by atoms with E-state index in [4.69, 9.17) is 10.5 Å². The van der Waals surface area contributed by atoms with Crippen molar-refractivity contribution in [2.24, 2.45) is 16.1 Å². The van der Waals surface area contributed by atoms with Crippen LogP contribution in [0.15, 0.2) is 4.99 Å². The number of hydrogen-bond donors (Lipinski definition) is 3. The highest BCUT2D eigenvalue weighted by atomic mass is 16.5. The summed E-state index contributed by atoms with van der Waals surface area (Å²) in [5, 5.41) is 13.6. The summed E-state index contributed by atoms with van der Waals surface area (Å²) in [5.74, 6) is 0.376. The van der Waals surface area contributed by atoms with E-state index in [1.54, 1.807) is 7.11 Å². The first kappa shape index (κ1) is 16.2. The zero-order valence-electron chi connectivity index (χ0n) is 12.7. The number of ether oxygens (including phenoxy) is 1. The van der Waals surface area contributed by atoms with Gasteiger partial charge in [-0.15, -0.1) is 0 Å². The van der Waals surface area contributed by atoms with Crippen molar-refractivity contribution in [1.82, 2.24) is 5.32 Å². The fraction of sp³-hybridized carbons (Fsp3) is 0.929. The Kier molecular flexibility index (Phi) is 5.62. The monoisotopic (exact) mass is 271 g/mol. The van der Waals surface area contributed by atoms with E-state index in [-0.39, 0.29) is 11.5 Å². The third-order valence-electron chi connectivity index (χ3n) is 3.66. The van der Waals surface area contributed by atoms with Gasteiger partial charge >= 0.3 is 0 Å². The average molecular weight is 271 g/mol. The SMILES string of the molecule is COCC(C)NC(N)=NCC1(O)CCCC(C)(C)C1. The number of methoxy groups -OCH3 is 1. The van der Waals surface area contributed by atoms with Gasteiger partial charge < -0.3 is 20.9 Å². The molecule has 5 nitrogen and oxygen atoms in total. The summed E-state index contributed by atoms with van der Waals surface area (Å²) < 4.78 is 5.02. The van der Waals surface area contributed by atoms with E-state index in [0.29, 0.717) is 19.1 Å². The van der Waals surface area contributed by atoms with Gasteiger partial charge in [-0.05, 0) is 38.0 Å².